The highest BCUT2D eigenvalue weighted by molar-refractivity contribution is 6.30. The summed E-state index contributed by atoms with van der Waals surface area (Å²) in [7, 11) is 1.76. The topological polar surface area (TPSA) is 69.0 Å². The van der Waals surface area contributed by atoms with Crippen molar-refractivity contribution in [2.45, 2.75) is 6.61 Å². The number of amides is 1. The minimum Gasteiger partial charge on any atom is -0.489 e. The quantitative estimate of drug-likeness (QED) is 0.722. The number of rotatable bonds is 5. The standard InChI is InChI=1S/C17H15ClN4O2/c1-22-10-13(9-20-22)17(23)21-14-4-6-15(7-5-14)24-11-12-3-2-8-19-16(12)18/h2-10H,11H2,1H3,(H,21,23). The number of aryl methyl sites for hydroxylation is 1. The van der Waals surface area contributed by atoms with Crippen molar-refractivity contribution in [1.82, 2.24) is 14.8 Å². The Morgan fingerprint density at radius 1 is 1.29 bits per heavy atom. The van der Waals surface area contributed by atoms with Gasteiger partial charge < -0.3 is 10.1 Å². The minimum absolute atomic E-state index is 0.209. The molecule has 0 atom stereocenters. The number of anilines is 1. The first-order valence-electron chi connectivity index (χ1n) is 7.24. The maximum atomic E-state index is 12.0. The van der Waals surface area contributed by atoms with Gasteiger partial charge in [-0.25, -0.2) is 4.98 Å². The van der Waals surface area contributed by atoms with E-state index in [1.807, 2.05) is 12.1 Å². The van der Waals surface area contributed by atoms with Crippen LogP contribution in [-0.2, 0) is 13.7 Å². The lowest BCUT2D eigenvalue weighted by Crippen LogP contribution is -2.10. The van der Waals surface area contributed by atoms with Crippen LogP contribution in [0.3, 0.4) is 0 Å². The van der Waals surface area contributed by atoms with Crippen LogP contribution in [0.4, 0.5) is 5.69 Å². The number of hydrogen-bond acceptors (Lipinski definition) is 4. The first kappa shape index (κ1) is 16.0. The highest BCUT2D eigenvalue weighted by Gasteiger charge is 2.08. The summed E-state index contributed by atoms with van der Waals surface area (Å²) in [6.45, 7) is 0.327. The number of carbonyl (C=O) groups is 1. The Bertz CT molecular complexity index is 846. The van der Waals surface area contributed by atoms with Crippen LogP contribution >= 0.6 is 11.6 Å². The number of nitrogens with zero attached hydrogens (tertiary/aromatic N) is 3. The van der Waals surface area contributed by atoms with Crippen molar-refractivity contribution < 1.29 is 9.53 Å². The van der Waals surface area contributed by atoms with E-state index >= 15 is 0 Å². The number of pyridine rings is 1. The Kier molecular flexibility index (Phi) is 4.77. The molecular formula is C17H15ClN4O2. The molecular weight excluding hydrogens is 328 g/mol. The SMILES string of the molecule is Cn1cc(C(=O)Nc2ccc(OCc3cccnc3Cl)cc2)cn1. The lowest BCUT2D eigenvalue weighted by atomic mass is 10.2. The molecule has 0 fully saturated rings. The summed E-state index contributed by atoms with van der Waals surface area (Å²) in [6, 6.07) is 10.8. The molecule has 2 heterocycles. The molecule has 6 nitrogen and oxygen atoms in total. The Morgan fingerprint density at radius 3 is 2.75 bits per heavy atom. The number of nitrogens with one attached hydrogen (secondary N) is 1. The summed E-state index contributed by atoms with van der Waals surface area (Å²) >= 11 is 5.99. The van der Waals surface area contributed by atoms with Gasteiger partial charge in [-0.05, 0) is 30.3 Å². The molecule has 0 bridgehead atoms. The van der Waals surface area contributed by atoms with Gasteiger partial charge in [0.05, 0.1) is 11.8 Å². The maximum Gasteiger partial charge on any atom is 0.258 e. The molecule has 0 saturated carbocycles. The third kappa shape index (κ3) is 3.91. The fourth-order valence-electron chi connectivity index (χ4n) is 2.06. The van der Waals surface area contributed by atoms with Gasteiger partial charge >= 0.3 is 0 Å². The average Bonchev–Trinajstić information content (AvgIpc) is 3.02. The number of benzene rings is 1. The Balaban J connectivity index is 1.59. The third-order valence-electron chi connectivity index (χ3n) is 3.31. The molecule has 0 spiro atoms. The van der Waals surface area contributed by atoms with Gasteiger partial charge in [0.2, 0.25) is 0 Å². The van der Waals surface area contributed by atoms with Gasteiger partial charge in [-0.3, -0.25) is 9.48 Å². The molecule has 0 aliphatic rings. The van der Waals surface area contributed by atoms with Crippen LogP contribution in [0.5, 0.6) is 5.75 Å². The lowest BCUT2D eigenvalue weighted by Gasteiger charge is -2.08. The van der Waals surface area contributed by atoms with Crippen LogP contribution < -0.4 is 10.1 Å². The second-order valence-electron chi connectivity index (χ2n) is 5.12. The molecule has 24 heavy (non-hydrogen) atoms. The van der Waals surface area contributed by atoms with E-state index in [1.54, 1.807) is 48.4 Å². The van der Waals surface area contributed by atoms with Crippen molar-refractivity contribution in [3.63, 3.8) is 0 Å². The first-order chi connectivity index (χ1) is 11.6. The van der Waals surface area contributed by atoms with E-state index in [0.717, 1.165) is 5.56 Å². The summed E-state index contributed by atoms with van der Waals surface area (Å²) in [5, 5.41) is 7.20. The second-order valence-corrected chi connectivity index (χ2v) is 5.48. The predicted molar refractivity (Wildman–Crippen MR) is 91.2 cm³/mol. The van der Waals surface area contributed by atoms with E-state index in [-0.39, 0.29) is 5.91 Å². The van der Waals surface area contributed by atoms with Crippen molar-refractivity contribution in [2.24, 2.45) is 7.05 Å². The molecule has 2 aromatic heterocycles. The number of ether oxygens (including phenoxy) is 1. The molecule has 122 valence electrons. The third-order valence-corrected chi connectivity index (χ3v) is 3.65. The molecule has 0 radical (unpaired) electrons. The highest BCUT2D eigenvalue weighted by Crippen LogP contribution is 2.19. The minimum atomic E-state index is -0.209. The summed E-state index contributed by atoms with van der Waals surface area (Å²) in [6.07, 6.45) is 4.81. The molecule has 3 aromatic rings. The van der Waals surface area contributed by atoms with Gasteiger partial charge in [0.15, 0.2) is 0 Å². The molecule has 7 heteroatoms. The number of aromatic nitrogens is 3. The smallest absolute Gasteiger partial charge is 0.258 e. The largest absolute Gasteiger partial charge is 0.489 e. The van der Waals surface area contributed by atoms with Gasteiger partial charge in [0.1, 0.15) is 17.5 Å². The summed E-state index contributed by atoms with van der Waals surface area (Å²) in [5.41, 5.74) is 1.99. The fraction of sp³-hybridized carbons (Fsp3) is 0.118. The van der Waals surface area contributed by atoms with E-state index in [1.165, 1.54) is 6.20 Å². The van der Waals surface area contributed by atoms with Gasteiger partial charge in [0, 0.05) is 30.7 Å². The molecule has 0 aliphatic heterocycles. The van der Waals surface area contributed by atoms with Gasteiger partial charge in [0.25, 0.3) is 5.91 Å². The highest BCUT2D eigenvalue weighted by atomic mass is 35.5. The fourth-order valence-corrected chi connectivity index (χ4v) is 2.24. The van der Waals surface area contributed by atoms with E-state index in [4.69, 9.17) is 16.3 Å². The van der Waals surface area contributed by atoms with Crippen LogP contribution in [0.2, 0.25) is 5.15 Å². The van der Waals surface area contributed by atoms with Crippen molar-refractivity contribution in [2.75, 3.05) is 5.32 Å². The molecule has 0 saturated heterocycles. The Hall–Kier alpha value is -2.86. The van der Waals surface area contributed by atoms with Crippen LogP contribution in [0, 0.1) is 0 Å². The van der Waals surface area contributed by atoms with Crippen LogP contribution in [0.25, 0.3) is 0 Å². The Morgan fingerprint density at radius 2 is 2.08 bits per heavy atom. The number of halogens is 1. The molecule has 0 unspecified atom stereocenters. The van der Waals surface area contributed by atoms with Gasteiger partial charge in [-0.15, -0.1) is 0 Å². The molecule has 1 N–H and O–H groups in total. The monoisotopic (exact) mass is 342 g/mol. The Labute approximate surface area is 144 Å². The maximum absolute atomic E-state index is 12.0. The molecule has 0 aliphatic carbocycles. The van der Waals surface area contributed by atoms with Crippen molar-refractivity contribution in [1.29, 1.82) is 0 Å². The summed E-state index contributed by atoms with van der Waals surface area (Å²) in [5.74, 6) is 0.466. The normalized spacial score (nSPS) is 10.4. The van der Waals surface area contributed by atoms with E-state index in [0.29, 0.717) is 28.8 Å². The van der Waals surface area contributed by atoms with Crippen molar-refractivity contribution >= 4 is 23.2 Å². The molecule has 1 amide bonds. The molecule has 3 rings (SSSR count). The van der Waals surface area contributed by atoms with E-state index in [2.05, 4.69) is 15.4 Å². The summed E-state index contributed by atoms with van der Waals surface area (Å²) < 4.78 is 7.25. The number of hydrogen-bond donors (Lipinski definition) is 1. The van der Waals surface area contributed by atoms with Gasteiger partial charge in [-0.1, -0.05) is 17.7 Å². The van der Waals surface area contributed by atoms with Crippen molar-refractivity contribution in [3.8, 4) is 5.75 Å². The van der Waals surface area contributed by atoms with E-state index in [9.17, 15) is 4.79 Å². The predicted octanol–water partition coefficient (Wildman–Crippen LogP) is 3.30. The van der Waals surface area contributed by atoms with Crippen molar-refractivity contribution in [3.05, 3.63) is 71.3 Å². The second kappa shape index (κ2) is 7.14. The first-order valence-corrected chi connectivity index (χ1v) is 7.62. The molecule has 1 aromatic carbocycles. The van der Waals surface area contributed by atoms with Crippen LogP contribution in [-0.4, -0.2) is 20.7 Å². The zero-order chi connectivity index (χ0) is 16.9. The zero-order valence-electron chi connectivity index (χ0n) is 12.9. The van der Waals surface area contributed by atoms with E-state index < -0.39 is 0 Å². The average molecular weight is 343 g/mol. The number of carbonyl (C=O) groups excluding carboxylic acids is 1. The van der Waals surface area contributed by atoms with Crippen LogP contribution in [0.1, 0.15) is 15.9 Å². The summed E-state index contributed by atoms with van der Waals surface area (Å²) in [4.78, 5) is 16.0. The van der Waals surface area contributed by atoms with Crippen LogP contribution in [0.15, 0.2) is 55.0 Å². The lowest BCUT2D eigenvalue weighted by molar-refractivity contribution is 0.102. The zero-order valence-corrected chi connectivity index (χ0v) is 13.7. The van der Waals surface area contributed by atoms with Gasteiger partial charge in [-0.2, -0.15) is 5.10 Å².